The topological polar surface area (TPSA) is 68.2 Å². The van der Waals surface area contributed by atoms with Crippen LogP contribution in [-0.2, 0) is 14.2 Å². The van der Waals surface area contributed by atoms with Crippen molar-refractivity contribution in [3.05, 3.63) is 22.8 Å². The fourth-order valence-corrected chi connectivity index (χ4v) is 7.18. The molecule has 0 aromatic heterocycles. The Morgan fingerprint density at radius 2 is 2.00 bits per heavy atom. The van der Waals surface area contributed by atoms with Gasteiger partial charge in [0.05, 0.1) is 25.4 Å². The van der Waals surface area contributed by atoms with Crippen LogP contribution in [-0.4, -0.2) is 54.6 Å². The summed E-state index contributed by atoms with van der Waals surface area (Å²) in [5.74, 6) is 0.571. The lowest BCUT2D eigenvalue weighted by atomic mass is 9.55. The number of ether oxygens (including phenoxy) is 3. The molecular weight excluding hydrogens is 356 g/mol. The van der Waals surface area contributed by atoms with Crippen molar-refractivity contribution in [2.45, 2.75) is 75.8 Å². The van der Waals surface area contributed by atoms with Gasteiger partial charge in [-0.25, -0.2) is 0 Å². The Hall–Kier alpha value is -0.720. The van der Waals surface area contributed by atoms with E-state index in [1.165, 1.54) is 11.1 Å². The normalized spacial score (nSPS) is 42.8. The van der Waals surface area contributed by atoms with Gasteiger partial charge in [-0.3, -0.25) is 0 Å². The molecule has 156 valence electrons. The second-order valence-electron chi connectivity index (χ2n) is 9.83. The Labute approximate surface area is 167 Å². The highest BCUT2D eigenvalue weighted by Crippen LogP contribution is 2.63. The first kappa shape index (κ1) is 19.3. The van der Waals surface area contributed by atoms with Gasteiger partial charge in [0.25, 0.3) is 0 Å². The minimum atomic E-state index is -1.06. The van der Waals surface area contributed by atoms with E-state index in [0.717, 1.165) is 58.2 Å². The van der Waals surface area contributed by atoms with Gasteiger partial charge >= 0.3 is 0 Å². The molecule has 4 aliphatic carbocycles. The molecule has 1 aliphatic heterocycles. The summed E-state index contributed by atoms with van der Waals surface area (Å²) in [6, 6.07) is 0. The van der Waals surface area contributed by atoms with Crippen molar-refractivity contribution in [2.24, 2.45) is 17.3 Å². The Kier molecular flexibility index (Phi) is 4.57. The molecule has 0 bridgehead atoms. The molecule has 5 atom stereocenters. The third-order valence-corrected chi connectivity index (χ3v) is 8.74. The Balaban J connectivity index is 1.44. The van der Waals surface area contributed by atoms with Crippen molar-refractivity contribution in [3.8, 4) is 0 Å². The minimum absolute atomic E-state index is 0.192. The van der Waals surface area contributed by atoms with E-state index in [4.69, 9.17) is 14.2 Å². The van der Waals surface area contributed by atoms with E-state index in [0.29, 0.717) is 18.3 Å². The second kappa shape index (κ2) is 6.64. The first-order valence-corrected chi connectivity index (χ1v) is 11.0. The van der Waals surface area contributed by atoms with Crippen LogP contribution in [0, 0.1) is 17.3 Å². The fourth-order valence-electron chi connectivity index (χ4n) is 7.18. The highest BCUT2D eigenvalue weighted by Gasteiger charge is 2.62. The number of methoxy groups -OCH3 is 1. The molecule has 5 heteroatoms. The molecule has 0 unspecified atom stereocenters. The van der Waals surface area contributed by atoms with E-state index in [1.54, 1.807) is 12.7 Å². The molecule has 0 aromatic carbocycles. The SMILES string of the molecule is COC[C@@H](O)[C@@]1(O)CC[C@H]2[C@@H]3CCC4=C(CCC5(C4)OCCO5)C3=CC[C@@]21C. The summed E-state index contributed by atoms with van der Waals surface area (Å²) in [6.07, 6.45) is 9.19. The Morgan fingerprint density at radius 1 is 1.21 bits per heavy atom. The quantitative estimate of drug-likeness (QED) is 0.775. The first-order chi connectivity index (χ1) is 13.4. The highest BCUT2D eigenvalue weighted by atomic mass is 16.7. The summed E-state index contributed by atoms with van der Waals surface area (Å²) in [5.41, 5.74) is 3.27. The number of hydrogen-bond acceptors (Lipinski definition) is 5. The number of rotatable bonds is 3. The zero-order chi connectivity index (χ0) is 19.6. The van der Waals surface area contributed by atoms with Crippen molar-refractivity contribution in [3.63, 3.8) is 0 Å². The molecule has 2 N–H and O–H groups in total. The van der Waals surface area contributed by atoms with Crippen molar-refractivity contribution in [1.29, 1.82) is 0 Å². The molecule has 28 heavy (non-hydrogen) atoms. The zero-order valence-corrected chi connectivity index (χ0v) is 17.2. The molecule has 0 radical (unpaired) electrons. The molecule has 1 saturated carbocycles. The number of hydrogen-bond donors (Lipinski definition) is 2. The average Bonchev–Trinajstić information content (AvgIpc) is 3.24. The molecule has 2 fully saturated rings. The summed E-state index contributed by atoms with van der Waals surface area (Å²) in [5, 5.41) is 22.2. The molecule has 1 saturated heterocycles. The maximum Gasteiger partial charge on any atom is 0.172 e. The van der Waals surface area contributed by atoms with Gasteiger partial charge in [-0.1, -0.05) is 18.6 Å². The lowest BCUT2D eigenvalue weighted by molar-refractivity contribution is -0.168. The van der Waals surface area contributed by atoms with E-state index in [1.807, 2.05) is 0 Å². The fraction of sp³-hybridized carbons (Fsp3) is 0.826. The van der Waals surface area contributed by atoms with Gasteiger partial charge < -0.3 is 24.4 Å². The molecule has 1 heterocycles. The third-order valence-electron chi connectivity index (χ3n) is 8.74. The zero-order valence-electron chi connectivity index (χ0n) is 17.2. The van der Waals surface area contributed by atoms with Gasteiger partial charge in [-0.05, 0) is 61.5 Å². The van der Waals surface area contributed by atoms with E-state index in [-0.39, 0.29) is 17.8 Å². The summed E-state index contributed by atoms with van der Waals surface area (Å²) >= 11 is 0. The van der Waals surface area contributed by atoms with E-state index >= 15 is 0 Å². The van der Waals surface area contributed by atoms with Crippen LogP contribution in [0.2, 0.25) is 0 Å². The Morgan fingerprint density at radius 3 is 2.75 bits per heavy atom. The van der Waals surface area contributed by atoms with Gasteiger partial charge in [0.2, 0.25) is 0 Å². The van der Waals surface area contributed by atoms with Crippen LogP contribution < -0.4 is 0 Å². The molecule has 0 amide bonds. The molecular formula is C23H34O5. The van der Waals surface area contributed by atoms with Crippen LogP contribution in [0.25, 0.3) is 0 Å². The van der Waals surface area contributed by atoms with Crippen molar-refractivity contribution in [1.82, 2.24) is 0 Å². The van der Waals surface area contributed by atoms with Crippen molar-refractivity contribution >= 4 is 0 Å². The molecule has 5 nitrogen and oxygen atoms in total. The van der Waals surface area contributed by atoms with Gasteiger partial charge in [0.1, 0.15) is 6.10 Å². The highest BCUT2D eigenvalue weighted by molar-refractivity contribution is 5.45. The summed E-state index contributed by atoms with van der Waals surface area (Å²) in [6.45, 7) is 3.82. The second-order valence-corrected chi connectivity index (χ2v) is 9.83. The molecule has 0 aromatic rings. The standard InChI is InChI=1S/C23H34O5/c1-21-8-5-17-16-6-9-22(27-11-12-28-22)13-15(16)3-4-18(17)19(21)7-10-23(21,25)20(24)14-26-2/h5,18-20,24-25H,3-4,6-14H2,1-2H3/t18-,19+,20-,21+,23+/m1/s1. The van der Waals surface area contributed by atoms with Gasteiger partial charge in [0, 0.05) is 25.4 Å². The number of allylic oxidation sites excluding steroid dienone is 3. The van der Waals surface area contributed by atoms with Crippen LogP contribution in [0.5, 0.6) is 0 Å². The number of aliphatic hydroxyl groups excluding tert-OH is 1. The van der Waals surface area contributed by atoms with Crippen LogP contribution in [0.1, 0.15) is 58.3 Å². The third kappa shape index (κ3) is 2.56. The van der Waals surface area contributed by atoms with Crippen molar-refractivity contribution in [2.75, 3.05) is 26.9 Å². The lowest BCUT2D eigenvalue weighted by Gasteiger charge is -2.52. The summed E-state index contributed by atoms with van der Waals surface area (Å²) in [4.78, 5) is 0. The predicted octanol–water partition coefficient (Wildman–Crippen LogP) is 3.10. The largest absolute Gasteiger partial charge is 0.388 e. The average molecular weight is 391 g/mol. The van der Waals surface area contributed by atoms with Crippen LogP contribution in [0.3, 0.4) is 0 Å². The van der Waals surface area contributed by atoms with Gasteiger partial charge in [0.15, 0.2) is 5.79 Å². The van der Waals surface area contributed by atoms with Gasteiger partial charge in [-0.2, -0.15) is 0 Å². The number of aliphatic hydroxyl groups is 2. The maximum atomic E-state index is 11.5. The molecule has 5 rings (SSSR count). The van der Waals surface area contributed by atoms with E-state index in [9.17, 15) is 10.2 Å². The predicted molar refractivity (Wildman–Crippen MR) is 105 cm³/mol. The van der Waals surface area contributed by atoms with E-state index < -0.39 is 11.7 Å². The molecule has 1 spiro atoms. The summed E-state index contributed by atoms with van der Waals surface area (Å²) in [7, 11) is 1.59. The Bertz CT molecular complexity index is 706. The lowest BCUT2D eigenvalue weighted by Crippen LogP contribution is -2.56. The van der Waals surface area contributed by atoms with Crippen LogP contribution >= 0.6 is 0 Å². The number of fused-ring (bicyclic) bond motifs is 4. The van der Waals surface area contributed by atoms with Gasteiger partial charge in [-0.15, -0.1) is 0 Å². The van der Waals surface area contributed by atoms with Crippen molar-refractivity contribution < 1.29 is 24.4 Å². The van der Waals surface area contributed by atoms with Crippen LogP contribution in [0.15, 0.2) is 22.8 Å². The van der Waals surface area contributed by atoms with Crippen LogP contribution in [0.4, 0.5) is 0 Å². The monoisotopic (exact) mass is 390 g/mol. The first-order valence-electron chi connectivity index (χ1n) is 11.0. The molecule has 5 aliphatic rings. The smallest absolute Gasteiger partial charge is 0.172 e. The minimum Gasteiger partial charge on any atom is -0.388 e. The maximum absolute atomic E-state index is 11.5. The summed E-state index contributed by atoms with van der Waals surface area (Å²) < 4.78 is 17.1. The van der Waals surface area contributed by atoms with E-state index in [2.05, 4.69) is 13.0 Å².